The maximum atomic E-state index is 13.7. The Bertz CT molecular complexity index is 1090. The molecule has 0 spiro atoms. The fraction of sp³-hybridized carbons (Fsp3) is 0.167. The van der Waals surface area contributed by atoms with Gasteiger partial charge in [-0.1, -0.05) is 18.2 Å². The fourth-order valence-corrected chi connectivity index (χ4v) is 2.94. The van der Waals surface area contributed by atoms with Crippen LogP contribution in [0.15, 0.2) is 48.7 Å². The van der Waals surface area contributed by atoms with Gasteiger partial charge in [0.25, 0.3) is 0 Å². The van der Waals surface area contributed by atoms with E-state index in [1.54, 1.807) is 50.5 Å². The van der Waals surface area contributed by atoms with Crippen LogP contribution < -0.4 is 0 Å². The number of rotatable bonds is 2. The highest BCUT2D eigenvalue weighted by molar-refractivity contribution is 5.86. The summed E-state index contributed by atoms with van der Waals surface area (Å²) in [5, 5.41) is 8.48. The normalized spacial score (nSPS) is 12.0. The summed E-state index contributed by atoms with van der Waals surface area (Å²) in [6, 6.07) is 11.6. The largest absolute Gasteiger partial charge is 0.417 e. The fourth-order valence-electron chi connectivity index (χ4n) is 2.94. The third-order valence-corrected chi connectivity index (χ3v) is 4.09. The Morgan fingerprint density at radius 1 is 0.962 bits per heavy atom. The van der Waals surface area contributed by atoms with Gasteiger partial charge in [0.2, 0.25) is 0 Å². The molecule has 0 N–H and O–H groups in total. The number of nitrogens with zero attached hydrogens (tertiary/aromatic N) is 5. The lowest BCUT2D eigenvalue weighted by atomic mass is 10.1. The molecule has 132 valence electrons. The van der Waals surface area contributed by atoms with E-state index in [1.807, 2.05) is 6.07 Å². The summed E-state index contributed by atoms with van der Waals surface area (Å²) in [6.07, 6.45) is -2.87. The van der Waals surface area contributed by atoms with Crippen LogP contribution >= 0.6 is 0 Å². The molecular weight excluding hydrogens is 343 g/mol. The lowest BCUT2D eigenvalue weighted by Crippen LogP contribution is -2.08. The van der Waals surface area contributed by atoms with Crippen LogP contribution in [-0.2, 0) is 13.2 Å². The molecule has 0 atom stereocenters. The highest BCUT2D eigenvalue weighted by Gasteiger charge is 2.36. The van der Waals surface area contributed by atoms with Gasteiger partial charge in [-0.3, -0.25) is 4.68 Å². The van der Waals surface area contributed by atoms with Crippen molar-refractivity contribution in [2.45, 2.75) is 13.1 Å². The molecule has 0 radical (unpaired) electrons. The molecule has 1 aromatic carbocycles. The van der Waals surface area contributed by atoms with Gasteiger partial charge in [-0.2, -0.15) is 23.4 Å². The average molecular weight is 357 g/mol. The predicted octanol–water partition coefficient (Wildman–Crippen LogP) is 4.15. The van der Waals surface area contributed by atoms with Crippen molar-refractivity contribution in [2.75, 3.05) is 0 Å². The van der Waals surface area contributed by atoms with Crippen molar-refractivity contribution in [3.63, 3.8) is 0 Å². The van der Waals surface area contributed by atoms with Crippen molar-refractivity contribution < 1.29 is 13.2 Å². The number of alkyl halides is 3. The van der Waals surface area contributed by atoms with Crippen LogP contribution in [-0.4, -0.2) is 24.5 Å². The maximum Gasteiger partial charge on any atom is 0.417 e. The predicted molar refractivity (Wildman–Crippen MR) is 90.8 cm³/mol. The molecule has 0 unspecified atom stereocenters. The van der Waals surface area contributed by atoms with Gasteiger partial charge in [-0.05, 0) is 31.2 Å². The smallest absolute Gasteiger partial charge is 0.275 e. The maximum absolute atomic E-state index is 13.7. The molecule has 3 aromatic heterocycles. The third-order valence-electron chi connectivity index (χ3n) is 4.09. The second kappa shape index (κ2) is 5.69. The number of benzene rings is 1. The highest BCUT2D eigenvalue weighted by atomic mass is 19.4. The number of aryl methyl sites for hydroxylation is 2. The summed E-state index contributed by atoms with van der Waals surface area (Å²) in [7, 11) is 1.70. The van der Waals surface area contributed by atoms with Crippen LogP contribution in [0.5, 0.6) is 0 Å². The Morgan fingerprint density at radius 2 is 1.69 bits per heavy atom. The van der Waals surface area contributed by atoms with Gasteiger partial charge < -0.3 is 0 Å². The first-order chi connectivity index (χ1) is 12.3. The summed E-state index contributed by atoms with van der Waals surface area (Å²) >= 11 is 0. The van der Waals surface area contributed by atoms with Crippen molar-refractivity contribution >= 4 is 11.0 Å². The molecule has 0 aliphatic heterocycles. The van der Waals surface area contributed by atoms with Crippen LogP contribution in [0.1, 0.15) is 11.3 Å². The molecular formula is C18H14F3N5. The number of halogens is 3. The zero-order valence-corrected chi connectivity index (χ0v) is 14.0. The SMILES string of the molecule is Cc1nn(-c2ccccc2)c2nc(-c3ccn(C)n3)cc(C(F)(F)F)c12. The molecule has 0 saturated carbocycles. The number of aromatic nitrogens is 5. The number of para-hydroxylation sites is 1. The van der Waals surface area contributed by atoms with E-state index in [4.69, 9.17) is 0 Å². The van der Waals surface area contributed by atoms with E-state index in [-0.39, 0.29) is 22.4 Å². The second-order valence-corrected chi connectivity index (χ2v) is 5.96. The Hall–Kier alpha value is -3.16. The molecule has 5 nitrogen and oxygen atoms in total. The molecule has 0 saturated heterocycles. The Labute approximate surface area is 146 Å². The molecule has 0 bridgehead atoms. The molecule has 0 aliphatic carbocycles. The molecule has 4 aromatic rings. The molecule has 0 aliphatic rings. The molecule has 8 heteroatoms. The summed E-state index contributed by atoms with van der Waals surface area (Å²) in [6.45, 7) is 1.55. The summed E-state index contributed by atoms with van der Waals surface area (Å²) < 4.78 is 44.1. The third kappa shape index (κ3) is 2.63. The lowest BCUT2D eigenvalue weighted by molar-refractivity contribution is -0.136. The molecule has 4 rings (SSSR count). The number of hydrogen-bond acceptors (Lipinski definition) is 3. The zero-order valence-electron chi connectivity index (χ0n) is 14.0. The first kappa shape index (κ1) is 16.3. The van der Waals surface area contributed by atoms with Gasteiger partial charge in [0.1, 0.15) is 5.69 Å². The monoisotopic (exact) mass is 357 g/mol. The van der Waals surface area contributed by atoms with Gasteiger partial charge >= 0.3 is 6.18 Å². The minimum absolute atomic E-state index is 0.000958. The van der Waals surface area contributed by atoms with Crippen LogP contribution in [0, 0.1) is 6.92 Å². The Kier molecular flexibility index (Phi) is 3.57. The van der Waals surface area contributed by atoms with Crippen LogP contribution in [0.2, 0.25) is 0 Å². The van der Waals surface area contributed by atoms with Crippen molar-refractivity contribution in [1.82, 2.24) is 24.5 Å². The molecule has 0 amide bonds. The van der Waals surface area contributed by atoms with Gasteiger partial charge in [-0.15, -0.1) is 0 Å². The second-order valence-electron chi connectivity index (χ2n) is 5.96. The highest BCUT2D eigenvalue weighted by Crippen LogP contribution is 2.38. The van der Waals surface area contributed by atoms with Crippen LogP contribution in [0.25, 0.3) is 28.1 Å². The van der Waals surface area contributed by atoms with Crippen molar-refractivity contribution in [3.8, 4) is 17.1 Å². The lowest BCUT2D eigenvalue weighted by Gasteiger charge is -2.11. The molecule has 0 fully saturated rings. The van der Waals surface area contributed by atoms with E-state index >= 15 is 0 Å². The van der Waals surface area contributed by atoms with E-state index < -0.39 is 11.7 Å². The standard InChI is InChI=1S/C18H14F3N5/c1-11-16-13(18(19,20)21)10-15(14-8-9-25(2)24-14)22-17(16)26(23-11)12-6-4-3-5-7-12/h3-10H,1-2H3. The van der Waals surface area contributed by atoms with E-state index in [1.165, 1.54) is 9.36 Å². The van der Waals surface area contributed by atoms with Crippen LogP contribution in [0.4, 0.5) is 13.2 Å². The topological polar surface area (TPSA) is 48.5 Å². The minimum atomic E-state index is -4.53. The summed E-state index contributed by atoms with van der Waals surface area (Å²) in [5.74, 6) is 0. The van der Waals surface area contributed by atoms with Crippen molar-refractivity contribution in [3.05, 3.63) is 59.9 Å². The van der Waals surface area contributed by atoms with E-state index in [9.17, 15) is 13.2 Å². The Balaban J connectivity index is 2.07. The number of pyridine rings is 1. The van der Waals surface area contributed by atoms with Gasteiger partial charge in [0.15, 0.2) is 5.65 Å². The molecule has 3 heterocycles. The van der Waals surface area contributed by atoms with Crippen molar-refractivity contribution in [1.29, 1.82) is 0 Å². The van der Waals surface area contributed by atoms with E-state index in [0.29, 0.717) is 11.4 Å². The average Bonchev–Trinajstić information content (AvgIpc) is 3.18. The summed E-state index contributed by atoms with van der Waals surface area (Å²) in [4.78, 5) is 4.45. The quantitative estimate of drug-likeness (QED) is 0.542. The minimum Gasteiger partial charge on any atom is -0.275 e. The first-order valence-electron chi connectivity index (χ1n) is 7.87. The zero-order chi connectivity index (χ0) is 18.5. The Morgan fingerprint density at radius 3 is 2.31 bits per heavy atom. The van der Waals surface area contributed by atoms with Crippen LogP contribution in [0.3, 0.4) is 0 Å². The van der Waals surface area contributed by atoms with E-state index in [0.717, 1.165) is 6.07 Å². The van der Waals surface area contributed by atoms with Crippen molar-refractivity contribution in [2.24, 2.45) is 7.05 Å². The number of hydrogen-bond donors (Lipinski definition) is 0. The van der Waals surface area contributed by atoms with E-state index in [2.05, 4.69) is 15.2 Å². The summed E-state index contributed by atoms with van der Waals surface area (Å²) in [5.41, 5.74) is 0.841. The van der Waals surface area contributed by atoms with Gasteiger partial charge in [0, 0.05) is 13.2 Å². The van der Waals surface area contributed by atoms with Gasteiger partial charge in [0.05, 0.1) is 28.0 Å². The molecule has 26 heavy (non-hydrogen) atoms. The first-order valence-corrected chi connectivity index (χ1v) is 7.87. The van der Waals surface area contributed by atoms with Gasteiger partial charge in [-0.25, -0.2) is 9.67 Å². The number of fused-ring (bicyclic) bond motifs is 1.